The largest absolute Gasteiger partial charge is 0.469 e. The second-order valence-electron chi connectivity index (χ2n) is 6.39. The summed E-state index contributed by atoms with van der Waals surface area (Å²) in [6.07, 6.45) is 0.479. The van der Waals surface area contributed by atoms with Gasteiger partial charge in [0.2, 0.25) is 0 Å². The molecule has 0 radical (unpaired) electrons. The number of aryl methyl sites for hydroxylation is 1. The molecule has 1 aromatic carbocycles. The van der Waals surface area contributed by atoms with Crippen molar-refractivity contribution >= 4 is 28.9 Å². The number of anilines is 1. The van der Waals surface area contributed by atoms with Gasteiger partial charge in [-0.2, -0.15) is 0 Å². The summed E-state index contributed by atoms with van der Waals surface area (Å²) in [4.78, 5) is 46.6. The molecule has 0 bridgehead atoms. The Balaban J connectivity index is 1.93. The van der Waals surface area contributed by atoms with Crippen molar-refractivity contribution in [2.45, 2.75) is 25.8 Å². The van der Waals surface area contributed by atoms with Crippen molar-refractivity contribution in [3.05, 3.63) is 51.7 Å². The molecular weight excluding hydrogens is 378 g/mol. The molecule has 0 spiro atoms. The Morgan fingerprint density at radius 2 is 1.86 bits per heavy atom. The molecule has 0 saturated carbocycles. The lowest BCUT2D eigenvalue weighted by Crippen LogP contribution is -2.18. The average Bonchev–Trinajstić information content (AvgIpc) is 3.02. The van der Waals surface area contributed by atoms with Gasteiger partial charge in [0.25, 0.3) is 0 Å². The first-order chi connectivity index (χ1) is 13.9. The lowest BCUT2D eigenvalue weighted by molar-refractivity contribution is -0.141. The summed E-state index contributed by atoms with van der Waals surface area (Å²) in [6.45, 7) is 0.223. The van der Waals surface area contributed by atoms with Crippen molar-refractivity contribution in [3.8, 4) is 0 Å². The number of esters is 2. The number of aromatic nitrogens is 4. The molecule has 0 aliphatic carbocycles. The van der Waals surface area contributed by atoms with E-state index in [0.29, 0.717) is 17.0 Å². The minimum Gasteiger partial charge on any atom is -0.469 e. The quantitative estimate of drug-likeness (QED) is 0.549. The first kappa shape index (κ1) is 20.1. The second kappa shape index (κ2) is 8.55. The third-order valence-corrected chi connectivity index (χ3v) is 4.39. The number of methoxy groups -OCH3 is 2. The number of benzene rings is 1. The highest BCUT2D eigenvalue weighted by atomic mass is 16.5. The van der Waals surface area contributed by atoms with Gasteiger partial charge in [-0.3, -0.25) is 14.2 Å². The molecule has 0 unspecified atom stereocenters. The predicted octanol–water partition coefficient (Wildman–Crippen LogP) is 0.571. The van der Waals surface area contributed by atoms with Gasteiger partial charge in [0.15, 0.2) is 11.5 Å². The number of hydrogen-bond acceptors (Lipinski definition) is 8. The predicted molar refractivity (Wildman–Crippen MR) is 104 cm³/mol. The van der Waals surface area contributed by atoms with Gasteiger partial charge < -0.3 is 20.2 Å². The van der Waals surface area contributed by atoms with Crippen molar-refractivity contribution in [2.75, 3.05) is 20.0 Å². The Morgan fingerprint density at radius 3 is 2.59 bits per heavy atom. The average molecular weight is 399 g/mol. The van der Waals surface area contributed by atoms with E-state index >= 15 is 0 Å². The molecule has 10 nitrogen and oxygen atoms in total. The van der Waals surface area contributed by atoms with Crippen LogP contribution in [-0.2, 0) is 38.4 Å². The van der Waals surface area contributed by atoms with E-state index < -0.39 is 0 Å². The highest BCUT2D eigenvalue weighted by Gasteiger charge is 2.15. The Bertz CT molecular complexity index is 1120. The third-order valence-electron chi connectivity index (χ3n) is 4.39. The number of ether oxygens (including phenoxy) is 2. The number of carbonyl (C=O) groups excluding carboxylic acids is 2. The Kier molecular flexibility index (Phi) is 5.91. The summed E-state index contributed by atoms with van der Waals surface area (Å²) < 4.78 is 10.7. The van der Waals surface area contributed by atoms with Crippen molar-refractivity contribution in [3.63, 3.8) is 0 Å². The molecule has 0 amide bonds. The molecule has 10 heteroatoms. The normalized spacial score (nSPS) is 10.8. The number of nitrogens with one attached hydrogen (secondary N) is 1. The molecule has 3 aromatic rings. The molecule has 2 heterocycles. The third kappa shape index (κ3) is 4.60. The maximum absolute atomic E-state index is 12.5. The van der Waals surface area contributed by atoms with Gasteiger partial charge >= 0.3 is 17.6 Å². The van der Waals surface area contributed by atoms with Crippen LogP contribution < -0.4 is 11.4 Å². The van der Waals surface area contributed by atoms with Crippen LogP contribution in [0.15, 0.2) is 29.1 Å². The van der Waals surface area contributed by atoms with E-state index in [1.165, 1.54) is 18.8 Å². The molecule has 2 aromatic heterocycles. The molecule has 0 aliphatic heterocycles. The highest BCUT2D eigenvalue weighted by Crippen LogP contribution is 2.17. The van der Waals surface area contributed by atoms with E-state index in [1.807, 2.05) is 18.2 Å². The van der Waals surface area contributed by atoms with Crippen LogP contribution in [0.25, 0.3) is 11.2 Å². The summed E-state index contributed by atoms with van der Waals surface area (Å²) in [6, 6.07) is 7.28. The molecule has 0 fully saturated rings. The molecular formula is C19H21N5O5. The zero-order valence-corrected chi connectivity index (χ0v) is 16.1. The first-order valence-electron chi connectivity index (χ1n) is 8.87. The summed E-state index contributed by atoms with van der Waals surface area (Å²) in [5.41, 5.74) is 7.84. The zero-order chi connectivity index (χ0) is 21.0. The lowest BCUT2D eigenvalue weighted by atomic mass is 10.1. The highest BCUT2D eigenvalue weighted by molar-refractivity contribution is 5.81. The van der Waals surface area contributed by atoms with Gasteiger partial charge in [-0.15, -0.1) is 0 Å². The Hall–Kier alpha value is -3.69. The molecule has 0 saturated heterocycles. The number of hydrogen-bond donors (Lipinski definition) is 2. The fourth-order valence-corrected chi connectivity index (χ4v) is 2.93. The minimum absolute atomic E-state index is 0.103. The van der Waals surface area contributed by atoms with Crippen LogP contribution in [-0.4, -0.2) is 45.7 Å². The molecule has 3 N–H and O–H groups in total. The van der Waals surface area contributed by atoms with E-state index in [2.05, 4.69) is 24.4 Å². The van der Waals surface area contributed by atoms with Crippen molar-refractivity contribution in [1.82, 2.24) is 19.5 Å². The fraction of sp³-hybridized carbons (Fsp3) is 0.316. The SMILES string of the molecule is COC(=O)CCc1nc(N)c2[nH]c(=O)n(Cc3cccc(CC(=O)OC)c3)c2n1. The number of nitrogens with two attached hydrogens (primary N) is 1. The van der Waals surface area contributed by atoms with Crippen LogP contribution >= 0.6 is 0 Å². The first-order valence-corrected chi connectivity index (χ1v) is 8.87. The molecule has 29 heavy (non-hydrogen) atoms. The number of aromatic amines is 1. The van der Waals surface area contributed by atoms with Gasteiger partial charge in [0.1, 0.15) is 11.3 Å². The lowest BCUT2D eigenvalue weighted by Gasteiger charge is -2.07. The Labute approximate surface area is 165 Å². The number of nitrogen functional groups attached to an aromatic ring is 1. The van der Waals surface area contributed by atoms with Crippen molar-refractivity contribution < 1.29 is 19.1 Å². The summed E-state index contributed by atoms with van der Waals surface area (Å²) in [5, 5.41) is 0. The molecule has 0 atom stereocenters. The number of H-pyrrole nitrogens is 1. The van der Waals surface area contributed by atoms with E-state index in [9.17, 15) is 14.4 Å². The number of carbonyl (C=O) groups is 2. The van der Waals surface area contributed by atoms with Crippen LogP contribution in [0.2, 0.25) is 0 Å². The summed E-state index contributed by atoms with van der Waals surface area (Å²) in [5.74, 6) is -0.263. The van der Waals surface area contributed by atoms with E-state index in [0.717, 1.165) is 11.1 Å². The summed E-state index contributed by atoms with van der Waals surface area (Å²) >= 11 is 0. The van der Waals surface area contributed by atoms with Crippen molar-refractivity contribution in [2.24, 2.45) is 0 Å². The van der Waals surface area contributed by atoms with E-state index in [-0.39, 0.29) is 49.3 Å². The minimum atomic E-state index is -0.388. The van der Waals surface area contributed by atoms with Gasteiger partial charge in [0, 0.05) is 6.42 Å². The van der Waals surface area contributed by atoms with Crippen molar-refractivity contribution in [1.29, 1.82) is 0 Å². The van der Waals surface area contributed by atoms with Crippen LogP contribution in [0.4, 0.5) is 5.82 Å². The van der Waals surface area contributed by atoms with E-state index in [4.69, 9.17) is 5.73 Å². The van der Waals surface area contributed by atoms with Crippen LogP contribution in [0, 0.1) is 0 Å². The number of imidazole rings is 1. The van der Waals surface area contributed by atoms with Crippen LogP contribution in [0.1, 0.15) is 23.4 Å². The van der Waals surface area contributed by atoms with Gasteiger partial charge in [-0.1, -0.05) is 24.3 Å². The van der Waals surface area contributed by atoms with E-state index in [1.54, 1.807) is 6.07 Å². The zero-order valence-electron chi connectivity index (χ0n) is 16.1. The summed E-state index contributed by atoms with van der Waals surface area (Å²) in [7, 11) is 2.64. The van der Waals surface area contributed by atoms with Gasteiger partial charge in [0.05, 0.1) is 33.6 Å². The number of nitrogens with zero attached hydrogens (tertiary/aromatic N) is 3. The Morgan fingerprint density at radius 1 is 1.14 bits per heavy atom. The number of fused-ring (bicyclic) bond motifs is 1. The van der Waals surface area contributed by atoms with Gasteiger partial charge in [-0.05, 0) is 11.1 Å². The smallest absolute Gasteiger partial charge is 0.328 e. The maximum Gasteiger partial charge on any atom is 0.328 e. The van der Waals surface area contributed by atoms with Crippen LogP contribution in [0.5, 0.6) is 0 Å². The van der Waals surface area contributed by atoms with Crippen LogP contribution in [0.3, 0.4) is 0 Å². The molecule has 0 aliphatic rings. The standard InChI is InChI=1S/C19H21N5O5/c1-28-14(25)7-6-13-21-17(20)16-18(22-13)24(19(27)23-16)10-12-5-3-4-11(8-12)9-15(26)29-2/h3-5,8H,6-7,9-10H2,1-2H3,(H,23,27)(H2,20,21,22). The molecule has 3 rings (SSSR count). The van der Waals surface area contributed by atoms with Gasteiger partial charge in [-0.25, -0.2) is 14.8 Å². The monoisotopic (exact) mass is 399 g/mol. The fourth-order valence-electron chi connectivity index (χ4n) is 2.93. The molecule has 152 valence electrons. The topological polar surface area (TPSA) is 142 Å². The second-order valence-corrected chi connectivity index (χ2v) is 6.39. The number of rotatable bonds is 7. The maximum atomic E-state index is 12.5.